The predicted octanol–water partition coefficient (Wildman–Crippen LogP) is -6.67. The van der Waals surface area contributed by atoms with Crippen molar-refractivity contribution in [1.29, 1.82) is 0 Å². The van der Waals surface area contributed by atoms with Crippen molar-refractivity contribution in [3.8, 4) is 0 Å². The molecule has 0 bridgehead atoms. The highest BCUT2D eigenvalue weighted by Crippen LogP contribution is 2.31. The molecule has 0 spiro atoms. The molecule has 0 aromatic heterocycles. The van der Waals surface area contributed by atoms with Gasteiger partial charge in [-0.2, -0.15) is 0 Å². The lowest BCUT2D eigenvalue weighted by Gasteiger charge is -2.48. The molecular weight excluding hydrogens is 458 g/mol. The number of rotatable bonds is 7. The van der Waals surface area contributed by atoms with Gasteiger partial charge in [-0.3, -0.25) is 0 Å². The predicted molar refractivity (Wildman–Crippen MR) is 115 cm³/mol. The highest BCUT2D eigenvalue weighted by molar-refractivity contribution is 5.01. The first kappa shape index (κ1) is 28.0. The van der Waals surface area contributed by atoms with Gasteiger partial charge in [-0.15, -0.1) is 0 Å². The summed E-state index contributed by atoms with van der Waals surface area (Å²) in [4.78, 5) is 0. The zero-order valence-corrected chi connectivity index (χ0v) is 18.9. The summed E-state index contributed by atoms with van der Waals surface area (Å²) in [6.07, 6.45) is -13.2. The molecule has 3 rings (SSSR count). The minimum absolute atomic E-state index is 0.00920. The summed E-state index contributed by atoms with van der Waals surface area (Å²) >= 11 is 0. The third kappa shape index (κ3) is 5.54. The molecule has 1 aliphatic carbocycles. The number of aliphatic hydroxyl groups excluding tert-OH is 5. The molecule has 0 unspecified atom stereocenters. The Labute approximate surface area is 197 Å². The first-order valence-electron chi connectivity index (χ1n) is 11.2. The highest BCUT2D eigenvalue weighted by Gasteiger charge is 2.51. The van der Waals surface area contributed by atoms with Crippen molar-refractivity contribution in [2.75, 3.05) is 20.3 Å². The van der Waals surface area contributed by atoms with Crippen LogP contribution in [0.2, 0.25) is 0 Å². The van der Waals surface area contributed by atoms with Gasteiger partial charge in [-0.25, -0.2) is 0 Å². The Bertz CT molecular complexity index is 653. The lowest BCUT2D eigenvalue weighted by atomic mass is 9.84. The van der Waals surface area contributed by atoms with Crippen LogP contribution in [0, 0.1) is 0 Å². The van der Waals surface area contributed by atoms with E-state index in [0.29, 0.717) is 0 Å². The Balaban J connectivity index is 1.72. The van der Waals surface area contributed by atoms with Gasteiger partial charge >= 0.3 is 0 Å². The Hall–Kier alpha value is -0.600. The minimum atomic E-state index is -1.42. The van der Waals surface area contributed by atoms with Crippen molar-refractivity contribution in [3.63, 3.8) is 0 Å². The van der Waals surface area contributed by atoms with E-state index < -0.39 is 91.7 Å². The van der Waals surface area contributed by atoms with E-state index in [1.807, 2.05) is 0 Å². The summed E-state index contributed by atoms with van der Waals surface area (Å²) in [5, 5.41) is 52.0. The third-order valence-electron chi connectivity index (χ3n) is 6.71. The molecule has 0 aromatic rings. The molecule has 2 saturated heterocycles. The summed E-state index contributed by atoms with van der Waals surface area (Å²) in [6.45, 7) is -0.114. The molecule has 15 atom stereocenters. The Morgan fingerprint density at radius 2 is 1.26 bits per heavy atom. The fourth-order valence-corrected chi connectivity index (χ4v) is 4.60. The van der Waals surface area contributed by atoms with Crippen molar-refractivity contribution < 1.29 is 49.2 Å². The molecule has 3 fully saturated rings. The van der Waals surface area contributed by atoms with Gasteiger partial charge in [0.1, 0.15) is 54.9 Å². The molecule has 15 N–H and O–H groups in total. The second kappa shape index (κ2) is 11.6. The molecule has 0 amide bonds. The topological polar surface area (TPSA) is 277 Å². The van der Waals surface area contributed by atoms with Gasteiger partial charge in [0.2, 0.25) is 0 Å². The Morgan fingerprint density at radius 1 is 0.706 bits per heavy atom. The van der Waals surface area contributed by atoms with E-state index in [1.54, 1.807) is 0 Å². The fraction of sp³-hybridized carbons (Fsp3) is 1.00. The standard InChI is InChI=1S/C19H39N5O10/c1-30-4-8-11(25)9(23)14(28)19(32-8)34-17-6(22)2-5(21)16(15(17)29)33-18-10(24)13(27)12(26)7(3-20)31-18/h5-19,25-29H,2-4,20-24H2,1H3/t5-,6+,7+,8+,9-,10+,11+,12+,13+,14+,15-,16+,17-,18+,19+/m0/s1. The molecule has 3 aliphatic rings. The van der Waals surface area contributed by atoms with Gasteiger partial charge in [-0.1, -0.05) is 0 Å². The van der Waals surface area contributed by atoms with E-state index >= 15 is 0 Å². The maximum atomic E-state index is 11.0. The minimum Gasteiger partial charge on any atom is -0.389 e. The van der Waals surface area contributed by atoms with E-state index in [1.165, 1.54) is 7.11 Å². The molecular formula is C19H39N5O10. The molecule has 0 aromatic carbocycles. The van der Waals surface area contributed by atoms with Crippen LogP contribution in [0.5, 0.6) is 0 Å². The van der Waals surface area contributed by atoms with Gasteiger partial charge in [-0.05, 0) is 6.42 Å². The molecule has 2 aliphatic heterocycles. The van der Waals surface area contributed by atoms with Crippen LogP contribution in [0.3, 0.4) is 0 Å². The van der Waals surface area contributed by atoms with Crippen molar-refractivity contribution >= 4 is 0 Å². The van der Waals surface area contributed by atoms with Crippen molar-refractivity contribution in [2.24, 2.45) is 28.7 Å². The summed E-state index contributed by atoms with van der Waals surface area (Å²) in [7, 11) is 1.41. The molecule has 15 nitrogen and oxygen atoms in total. The van der Waals surface area contributed by atoms with E-state index in [-0.39, 0.29) is 19.6 Å². The fourth-order valence-electron chi connectivity index (χ4n) is 4.60. The number of ether oxygens (including phenoxy) is 5. The molecule has 0 radical (unpaired) electrons. The Morgan fingerprint density at radius 3 is 1.82 bits per heavy atom. The van der Waals surface area contributed by atoms with Crippen LogP contribution < -0.4 is 28.7 Å². The lowest BCUT2D eigenvalue weighted by Crippen LogP contribution is -2.69. The van der Waals surface area contributed by atoms with Crippen LogP contribution in [0.25, 0.3) is 0 Å². The first-order valence-corrected chi connectivity index (χ1v) is 11.2. The number of hydrogen-bond donors (Lipinski definition) is 10. The van der Waals surface area contributed by atoms with E-state index in [2.05, 4.69) is 0 Å². The van der Waals surface area contributed by atoms with Gasteiger partial charge in [0.05, 0.1) is 18.7 Å². The maximum absolute atomic E-state index is 11.0. The van der Waals surface area contributed by atoms with E-state index in [0.717, 1.165) is 0 Å². The monoisotopic (exact) mass is 497 g/mol. The molecule has 34 heavy (non-hydrogen) atoms. The zero-order valence-electron chi connectivity index (χ0n) is 18.9. The van der Waals surface area contributed by atoms with Gasteiger partial charge in [0.25, 0.3) is 0 Å². The Kier molecular flexibility index (Phi) is 9.57. The summed E-state index contributed by atoms with van der Waals surface area (Å²) in [6, 6.07) is -3.77. The number of methoxy groups -OCH3 is 1. The van der Waals surface area contributed by atoms with Gasteiger partial charge in [0, 0.05) is 25.7 Å². The molecule has 15 heteroatoms. The number of aliphatic hydroxyl groups is 5. The van der Waals surface area contributed by atoms with E-state index in [4.69, 9.17) is 52.4 Å². The van der Waals surface area contributed by atoms with Crippen LogP contribution in [0.4, 0.5) is 0 Å². The summed E-state index contributed by atoms with van der Waals surface area (Å²) in [5.41, 5.74) is 29.8. The van der Waals surface area contributed by atoms with Crippen LogP contribution >= 0.6 is 0 Å². The molecule has 2 heterocycles. The van der Waals surface area contributed by atoms with Crippen molar-refractivity contribution in [1.82, 2.24) is 0 Å². The zero-order chi connectivity index (χ0) is 25.3. The van der Waals surface area contributed by atoms with Crippen molar-refractivity contribution in [3.05, 3.63) is 0 Å². The smallest absolute Gasteiger partial charge is 0.186 e. The lowest BCUT2D eigenvalue weighted by molar-refractivity contribution is -0.319. The maximum Gasteiger partial charge on any atom is 0.186 e. The third-order valence-corrected chi connectivity index (χ3v) is 6.71. The van der Waals surface area contributed by atoms with Crippen LogP contribution in [-0.4, -0.2) is 137 Å². The van der Waals surface area contributed by atoms with E-state index in [9.17, 15) is 25.5 Å². The second-order valence-electron chi connectivity index (χ2n) is 9.15. The van der Waals surface area contributed by atoms with Gasteiger partial charge < -0.3 is 77.9 Å². The quantitative estimate of drug-likeness (QED) is 0.156. The number of nitrogens with two attached hydrogens (primary N) is 5. The average molecular weight is 498 g/mol. The summed E-state index contributed by atoms with van der Waals surface area (Å²) in [5.74, 6) is 0. The second-order valence-corrected chi connectivity index (χ2v) is 9.15. The van der Waals surface area contributed by atoms with Crippen LogP contribution in [0.15, 0.2) is 0 Å². The van der Waals surface area contributed by atoms with Gasteiger partial charge in [0.15, 0.2) is 12.6 Å². The largest absolute Gasteiger partial charge is 0.389 e. The van der Waals surface area contributed by atoms with Crippen molar-refractivity contribution in [2.45, 2.75) is 98.1 Å². The van der Waals surface area contributed by atoms with Crippen LogP contribution in [-0.2, 0) is 23.7 Å². The first-order chi connectivity index (χ1) is 16.0. The average Bonchev–Trinajstić information content (AvgIpc) is 2.80. The molecule has 1 saturated carbocycles. The molecule has 200 valence electrons. The van der Waals surface area contributed by atoms with Crippen LogP contribution in [0.1, 0.15) is 6.42 Å². The highest BCUT2D eigenvalue weighted by atomic mass is 16.7. The SMILES string of the molecule is COC[C@H]1O[C@H](O[C@@H]2[C@@H](O)[C@H](O[C@H]3O[C@H](CN)[C@@H](O)[C@H](O)[C@H]3N)[C@@H](N)C[C@H]2N)[C@H](O)[C@@H](N)[C@@H]1O. The normalized spacial score (nSPS) is 52.5. The summed E-state index contributed by atoms with van der Waals surface area (Å²) < 4.78 is 27.9. The number of hydrogen-bond acceptors (Lipinski definition) is 15.